The van der Waals surface area contributed by atoms with Crippen molar-refractivity contribution < 1.29 is 4.39 Å². The molecule has 1 aromatic carbocycles. The minimum atomic E-state index is -0.279. The fourth-order valence-electron chi connectivity index (χ4n) is 5.39. The maximum Gasteiger partial charge on any atom is 0.138 e. The number of nitrogens with two attached hydrogens (primary N) is 1. The number of fused-ring (bicyclic) bond motifs is 1. The molecule has 0 atom stereocenters. The molecule has 198 valence electrons. The van der Waals surface area contributed by atoms with E-state index in [1.165, 1.54) is 49.8 Å². The molecule has 0 bridgehead atoms. The van der Waals surface area contributed by atoms with Crippen molar-refractivity contribution in [1.29, 1.82) is 0 Å². The van der Waals surface area contributed by atoms with Gasteiger partial charge in [0.1, 0.15) is 11.5 Å². The Balaban J connectivity index is 1.32. The van der Waals surface area contributed by atoms with Gasteiger partial charge in [-0.05, 0) is 94.6 Å². The van der Waals surface area contributed by atoms with Crippen molar-refractivity contribution in [3.63, 3.8) is 0 Å². The Hall–Kier alpha value is -4.25. The lowest BCUT2D eigenvalue weighted by atomic mass is 9.85. The van der Waals surface area contributed by atoms with Gasteiger partial charge in [-0.2, -0.15) is 0 Å². The van der Waals surface area contributed by atoms with E-state index in [1.54, 1.807) is 12.3 Å². The van der Waals surface area contributed by atoms with Crippen LogP contribution in [0.25, 0.3) is 33.3 Å². The minimum Gasteiger partial charge on any atom is -0.398 e. The van der Waals surface area contributed by atoms with Crippen LogP contribution in [-0.4, -0.2) is 15.0 Å². The molecule has 5 heteroatoms. The zero-order valence-corrected chi connectivity index (χ0v) is 22.5. The van der Waals surface area contributed by atoms with Crippen LogP contribution in [0.4, 0.5) is 4.39 Å². The number of nitrogens with one attached hydrogen (secondary N) is 1. The van der Waals surface area contributed by atoms with Crippen molar-refractivity contribution >= 4 is 22.2 Å². The Kier molecular flexibility index (Phi) is 7.87. The standard InChI is InChI=1S/C34H35FN4/c1-22(28-17-26(20-37-21-28)16-25-8-5-4-6-9-25)12-13-32(36)23(2)24(3)33-19-31-30(14-15-38-34(31)39-33)27-10-7-11-29(35)18-27/h7,10-15,17-21,25H,2-6,8-9,16,36H2,1H3,(H,38,39)/b22-12+,32-13+. The summed E-state index contributed by atoms with van der Waals surface area (Å²) in [4.78, 5) is 12.3. The minimum absolute atomic E-state index is 0.279. The molecule has 0 radical (unpaired) electrons. The van der Waals surface area contributed by atoms with Crippen LogP contribution in [0, 0.1) is 11.7 Å². The van der Waals surface area contributed by atoms with Crippen LogP contribution in [-0.2, 0) is 6.42 Å². The first-order valence-electron chi connectivity index (χ1n) is 13.6. The molecule has 5 rings (SSSR count). The molecule has 1 fully saturated rings. The van der Waals surface area contributed by atoms with Gasteiger partial charge >= 0.3 is 0 Å². The highest BCUT2D eigenvalue weighted by Crippen LogP contribution is 2.32. The first kappa shape index (κ1) is 26.4. The molecule has 0 unspecified atom stereocenters. The summed E-state index contributed by atoms with van der Waals surface area (Å²) in [6, 6.07) is 12.6. The molecule has 4 aromatic rings. The predicted octanol–water partition coefficient (Wildman–Crippen LogP) is 8.40. The molecule has 3 N–H and O–H groups in total. The van der Waals surface area contributed by atoms with E-state index in [-0.39, 0.29) is 5.82 Å². The molecule has 1 aliphatic carbocycles. The van der Waals surface area contributed by atoms with Crippen LogP contribution in [0.1, 0.15) is 55.8 Å². The number of aromatic amines is 1. The number of pyridine rings is 2. The van der Waals surface area contributed by atoms with Gasteiger partial charge in [0.25, 0.3) is 0 Å². The number of nitrogens with zero attached hydrogens (tertiary/aromatic N) is 2. The molecule has 0 saturated heterocycles. The third kappa shape index (κ3) is 6.09. The van der Waals surface area contributed by atoms with E-state index in [9.17, 15) is 4.39 Å². The lowest BCUT2D eigenvalue weighted by molar-refractivity contribution is 0.356. The fourth-order valence-corrected chi connectivity index (χ4v) is 5.39. The van der Waals surface area contributed by atoms with Gasteiger partial charge in [0, 0.05) is 35.4 Å². The molecule has 3 aromatic heterocycles. The average molecular weight is 519 g/mol. The Labute approximate surface area is 229 Å². The summed E-state index contributed by atoms with van der Waals surface area (Å²) in [6.07, 6.45) is 17.3. The summed E-state index contributed by atoms with van der Waals surface area (Å²) in [6.45, 7) is 10.5. The Morgan fingerprint density at radius 3 is 2.69 bits per heavy atom. The lowest BCUT2D eigenvalue weighted by Gasteiger charge is -2.21. The summed E-state index contributed by atoms with van der Waals surface area (Å²) >= 11 is 0. The molecule has 0 spiro atoms. The smallest absolute Gasteiger partial charge is 0.138 e. The Bertz CT molecular complexity index is 1580. The number of H-pyrrole nitrogens is 1. The first-order valence-corrected chi connectivity index (χ1v) is 13.6. The molecule has 0 aliphatic heterocycles. The first-order chi connectivity index (χ1) is 18.9. The molecule has 1 aliphatic rings. The van der Waals surface area contributed by atoms with Gasteiger partial charge in [0.2, 0.25) is 0 Å². The van der Waals surface area contributed by atoms with Crippen molar-refractivity contribution in [2.45, 2.75) is 45.4 Å². The zero-order valence-electron chi connectivity index (χ0n) is 22.5. The molecule has 39 heavy (non-hydrogen) atoms. The Morgan fingerprint density at radius 2 is 1.90 bits per heavy atom. The molecule has 1 saturated carbocycles. The van der Waals surface area contributed by atoms with Crippen LogP contribution in [0.2, 0.25) is 0 Å². The van der Waals surface area contributed by atoms with Gasteiger partial charge in [-0.3, -0.25) is 4.98 Å². The topological polar surface area (TPSA) is 67.6 Å². The Morgan fingerprint density at radius 1 is 1.08 bits per heavy atom. The fraction of sp³-hybridized carbons (Fsp3) is 0.235. The van der Waals surface area contributed by atoms with Crippen molar-refractivity contribution in [2.24, 2.45) is 11.7 Å². The quantitative estimate of drug-likeness (QED) is 0.230. The molecule has 4 nitrogen and oxygen atoms in total. The van der Waals surface area contributed by atoms with Crippen LogP contribution >= 0.6 is 0 Å². The van der Waals surface area contributed by atoms with Crippen LogP contribution < -0.4 is 5.73 Å². The normalized spacial score (nSPS) is 15.0. The molecular formula is C34H35FN4. The van der Waals surface area contributed by atoms with E-state index in [0.717, 1.165) is 45.7 Å². The second-order valence-corrected chi connectivity index (χ2v) is 10.5. The predicted molar refractivity (Wildman–Crippen MR) is 160 cm³/mol. The van der Waals surface area contributed by atoms with Crippen LogP contribution in [0.3, 0.4) is 0 Å². The lowest BCUT2D eigenvalue weighted by Crippen LogP contribution is -2.09. The third-order valence-corrected chi connectivity index (χ3v) is 7.72. The summed E-state index contributed by atoms with van der Waals surface area (Å²) in [7, 11) is 0. The zero-order chi connectivity index (χ0) is 27.4. The second-order valence-electron chi connectivity index (χ2n) is 10.5. The number of hydrogen-bond acceptors (Lipinski definition) is 3. The van der Waals surface area contributed by atoms with Gasteiger partial charge in [0.15, 0.2) is 0 Å². The van der Waals surface area contributed by atoms with E-state index in [4.69, 9.17) is 5.73 Å². The SMILES string of the molecule is C=C(C(=C)c1cc2c(-c3cccc(F)c3)ccnc2[nH]1)/C(N)=C\C=C(/C)c1cncc(CC2CCCCC2)c1. The highest BCUT2D eigenvalue weighted by atomic mass is 19.1. The van der Waals surface area contributed by atoms with Crippen LogP contribution in [0.5, 0.6) is 0 Å². The van der Waals surface area contributed by atoms with E-state index < -0.39 is 0 Å². The largest absolute Gasteiger partial charge is 0.398 e. The number of hydrogen-bond donors (Lipinski definition) is 2. The van der Waals surface area contributed by atoms with Crippen molar-refractivity contribution in [3.8, 4) is 11.1 Å². The average Bonchev–Trinajstić information content (AvgIpc) is 3.40. The van der Waals surface area contributed by atoms with Crippen molar-refractivity contribution in [1.82, 2.24) is 15.0 Å². The summed E-state index contributed by atoms with van der Waals surface area (Å²) < 4.78 is 13.9. The highest BCUT2D eigenvalue weighted by Gasteiger charge is 2.15. The van der Waals surface area contributed by atoms with E-state index in [0.29, 0.717) is 22.5 Å². The van der Waals surface area contributed by atoms with E-state index in [2.05, 4.69) is 41.1 Å². The summed E-state index contributed by atoms with van der Waals surface area (Å²) in [5, 5.41) is 0.881. The van der Waals surface area contributed by atoms with E-state index in [1.807, 2.05) is 42.7 Å². The molecule has 0 amide bonds. The summed E-state index contributed by atoms with van der Waals surface area (Å²) in [5.74, 6) is 0.494. The third-order valence-electron chi connectivity index (χ3n) is 7.72. The maximum absolute atomic E-state index is 13.9. The maximum atomic E-state index is 13.9. The monoisotopic (exact) mass is 518 g/mol. The number of allylic oxidation sites excluding steroid dienone is 4. The van der Waals surface area contributed by atoms with Crippen molar-refractivity contribution in [3.05, 3.63) is 120 Å². The summed E-state index contributed by atoms with van der Waals surface area (Å²) in [5.41, 5.74) is 14.9. The molecular weight excluding hydrogens is 483 g/mol. The van der Waals surface area contributed by atoms with Gasteiger partial charge < -0.3 is 10.7 Å². The van der Waals surface area contributed by atoms with E-state index >= 15 is 0 Å². The number of rotatable bonds is 8. The second kappa shape index (κ2) is 11.6. The van der Waals surface area contributed by atoms with Crippen molar-refractivity contribution in [2.75, 3.05) is 0 Å². The van der Waals surface area contributed by atoms with Gasteiger partial charge in [0.05, 0.1) is 0 Å². The number of aromatic nitrogens is 3. The van der Waals surface area contributed by atoms with Crippen LogP contribution in [0.15, 0.2) is 97.6 Å². The number of halogens is 1. The number of benzene rings is 1. The molecule has 3 heterocycles. The van der Waals surface area contributed by atoms with Gasteiger partial charge in [-0.1, -0.05) is 63.5 Å². The van der Waals surface area contributed by atoms with Gasteiger partial charge in [-0.25, -0.2) is 9.37 Å². The van der Waals surface area contributed by atoms with Gasteiger partial charge in [-0.15, -0.1) is 0 Å². The highest BCUT2D eigenvalue weighted by molar-refractivity contribution is 5.96.